The molecule has 0 aliphatic carbocycles. The Morgan fingerprint density at radius 2 is 1.79 bits per heavy atom. The van der Waals surface area contributed by atoms with Gasteiger partial charge in [0.05, 0.1) is 51.9 Å². The molecule has 2 aromatic carbocycles. The lowest BCUT2D eigenvalue weighted by atomic mass is 10.2. The predicted octanol–water partition coefficient (Wildman–Crippen LogP) is 5.05. The molecule has 2 aromatic rings. The number of hydrogen-bond acceptors (Lipinski definition) is 12. The van der Waals surface area contributed by atoms with E-state index in [2.05, 4.69) is 31.5 Å². The lowest BCUT2D eigenvalue weighted by Gasteiger charge is -2.26. The van der Waals surface area contributed by atoms with Crippen molar-refractivity contribution in [2.75, 3.05) is 50.7 Å². The summed E-state index contributed by atoms with van der Waals surface area (Å²) >= 11 is 3.08. The third-order valence-electron chi connectivity index (χ3n) is 5.16. The quantitative estimate of drug-likeness (QED) is 0.0995. The van der Waals surface area contributed by atoms with Gasteiger partial charge in [-0.1, -0.05) is 0 Å². The van der Waals surface area contributed by atoms with E-state index < -0.39 is 33.1 Å². The molecule has 39 heavy (non-hydrogen) atoms. The number of nitro benzene ring substituents is 2. The molecule has 0 fully saturated rings. The molecule has 0 unspecified atom stereocenters. The predicted molar refractivity (Wildman–Crippen MR) is 144 cm³/mol. The van der Waals surface area contributed by atoms with E-state index in [9.17, 15) is 29.8 Å². The van der Waals surface area contributed by atoms with E-state index in [1.807, 2.05) is 11.8 Å². The normalized spacial score (nSPS) is 10.8. The summed E-state index contributed by atoms with van der Waals surface area (Å²) in [5.74, 6) is -0.507. The van der Waals surface area contributed by atoms with Crippen LogP contribution in [0.5, 0.6) is 5.75 Å². The maximum atomic E-state index is 12.1. The molecule has 1 amide bonds. The summed E-state index contributed by atoms with van der Waals surface area (Å²) in [5, 5.41) is 33.3. The number of rotatable bonds is 14. The van der Waals surface area contributed by atoms with E-state index >= 15 is 0 Å². The minimum atomic E-state index is -0.816. The molecule has 0 aliphatic rings. The highest BCUT2D eigenvalue weighted by atomic mass is 79.9. The molecule has 0 aromatic heterocycles. The monoisotopic (exact) mass is 610 g/mol. The third kappa shape index (κ3) is 8.68. The molecule has 0 aliphatic heterocycles. The number of halogens is 1. The van der Waals surface area contributed by atoms with Gasteiger partial charge < -0.3 is 24.4 Å². The van der Waals surface area contributed by atoms with Crippen LogP contribution in [0.25, 0.3) is 0 Å². The Morgan fingerprint density at radius 3 is 2.36 bits per heavy atom. The van der Waals surface area contributed by atoms with Crippen molar-refractivity contribution in [3.05, 3.63) is 49.0 Å². The molecule has 0 bridgehead atoms. The second-order valence-corrected chi connectivity index (χ2v) is 8.63. The molecule has 2 rings (SSSR count). The number of non-ortho nitro benzene ring substituents is 1. The second-order valence-electron chi connectivity index (χ2n) is 7.77. The van der Waals surface area contributed by atoms with Crippen LogP contribution in [0.2, 0.25) is 0 Å². The van der Waals surface area contributed by atoms with Gasteiger partial charge in [-0.3, -0.25) is 29.8 Å². The minimum absolute atomic E-state index is 0.0219. The number of methoxy groups -OCH3 is 2. The first-order valence-electron chi connectivity index (χ1n) is 11.5. The molecule has 16 heteroatoms. The van der Waals surface area contributed by atoms with Gasteiger partial charge in [0.15, 0.2) is 5.69 Å². The number of ether oxygens (including phenoxy) is 3. The molecule has 0 saturated carbocycles. The summed E-state index contributed by atoms with van der Waals surface area (Å²) in [4.78, 5) is 46.9. The summed E-state index contributed by atoms with van der Waals surface area (Å²) in [6.45, 7) is 4.33. The first-order valence-corrected chi connectivity index (χ1v) is 12.2. The lowest BCUT2D eigenvalue weighted by Crippen LogP contribution is -2.27. The van der Waals surface area contributed by atoms with Gasteiger partial charge in [-0.25, -0.2) is 0 Å². The van der Waals surface area contributed by atoms with Crippen LogP contribution in [0.15, 0.2) is 39.0 Å². The number of anilines is 2. The van der Waals surface area contributed by atoms with Gasteiger partial charge in [-0.15, -0.1) is 10.2 Å². The Kier molecular flexibility index (Phi) is 11.7. The Balaban J connectivity index is 2.50. The van der Waals surface area contributed by atoms with E-state index in [1.165, 1.54) is 27.2 Å². The summed E-state index contributed by atoms with van der Waals surface area (Å²) in [5.41, 5.74) is -0.553. The Bertz CT molecular complexity index is 1270. The summed E-state index contributed by atoms with van der Waals surface area (Å²) in [6, 6.07) is 4.89. The number of amides is 1. The van der Waals surface area contributed by atoms with Gasteiger partial charge in [0, 0.05) is 39.3 Å². The molecule has 0 saturated heterocycles. The van der Waals surface area contributed by atoms with Crippen LogP contribution in [0.1, 0.15) is 20.3 Å². The fourth-order valence-corrected chi connectivity index (χ4v) is 3.86. The third-order valence-corrected chi connectivity index (χ3v) is 5.76. The molecule has 210 valence electrons. The fourth-order valence-electron chi connectivity index (χ4n) is 3.35. The first-order chi connectivity index (χ1) is 18.5. The Hall–Kier alpha value is -4.18. The van der Waals surface area contributed by atoms with Gasteiger partial charge in [0.2, 0.25) is 5.91 Å². The average Bonchev–Trinajstić information content (AvgIpc) is 2.88. The number of esters is 1. The van der Waals surface area contributed by atoms with Crippen LogP contribution in [0.3, 0.4) is 0 Å². The summed E-state index contributed by atoms with van der Waals surface area (Å²) in [7, 11) is 2.92. The number of azo groups is 1. The highest BCUT2D eigenvalue weighted by Gasteiger charge is 2.24. The van der Waals surface area contributed by atoms with Crippen LogP contribution in [-0.2, 0) is 19.1 Å². The van der Waals surface area contributed by atoms with Crippen molar-refractivity contribution in [1.82, 2.24) is 0 Å². The van der Waals surface area contributed by atoms with Gasteiger partial charge in [-0.05, 0) is 28.9 Å². The SMILES string of the molecule is CCN(CCC(=O)OCCOC)c1cc(NC(C)=O)c(N=Nc2c(Br)cc([N+](=O)[O-])cc2[N+](=O)[O-])cc1OC. The van der Waals surface area contributed by atoms with Crippen LogP contribution in [0.4, 0.5) is 34.1 Å². The number of benzene rings is 2. The topological polar surface area (TPSA) is 188 Å². The Labute approximate surface area is 231 Å². The summed E-state index contributed by atoms with van der Waals surface area (Å²) < 4.78 is 15.5. The average molecular weight is 611 g/mol. The van der Waals surface area contributed by atoms with Crippen LogP contribution in [0, 0.1) is 20.2 Å². The number of nitrogens with one attached hydrogen (secondary N) is 1. The maximum absolute atomic E-state index is 12.1. The second kappa shape index (κ2) is 14.7. The van der Waals surface area contributed by atoms with Gasteiger partial charge in [-0.2, -0.15) is 0 Å². The molecule has 0 heterocycles. The molecule has 0 spiro atoms. The molecule has 0 atom stereocenters. The Morgan fingerprint density at radius 1 is 1.08 bits per heavy atom. The molecule has 15 nitrogen and oxygen atoms in total. The zero-order valence-electron chi connectivity index (χ0n) is 21.6. The van der Waals surface area contributed by atoms with Crippen molar-refractivity contribution < 1.29 is 33.6 Å². The van der Waals surface area contributed by atoms with E-state index in [0.717, 1.165) is 12.1 Å². The number of nitrogens with zero attached hydrogens (tertiary/aromatic N) is 5. The van der Waals surface area contributed by atoms with Crippen molar-refractivity contribution >= 4 is 61.9 Å². The molecule has 0 radical (unpaired) electrons. The van der Waals surface area contributed by atoms with E-state index in [0.29, 0.717) is 18.0 Å². The van der Waals surface area contributed by atoms with Crippen molar-refractivity contribution in [3.8, 4) is 5.75 Å². The zero-order valence-corrected chi connectivity index (χ0v) is 23.2. The zero-order chi connectivity index (χ0) is 29.1. The maximum Gasteiger partial charge on any atom is 0.307 e. The molecule has 1 N–H and O–H groups in total. The van der Waals surface area contributed by atoms with E-state index in [1.54, 1.807) is 6.07 Å². The van der Waals surface area contributed by atoms with Gasteiger partial charge in [0.25, 0.3) is 5.69 Å². The van der Waals surface area contributed by atoms with Crippen molar-refractivity contribution in [1.29, 1.82) is 0 Å². The summed E-state index contributed by atoms with van der Waals surface area (Å²) in [6.07, 6.45) is 0.0788. The van der Waals surface area contributed by atoms with Crippen molar-refractivity contribution in [2.45, 2.75) is 20.3 Å². The van der Waals surface area contributed by atoms with E-state index in [-0.39, 0.29) is 47.7 Å². The number of nitro groups is 2. The standard InChI is InChI=1S/C23H27BrN6O9/c1-5-28(7-6-22(32)39-9-8-37-3)19-12-17(25-14(2)31)18(13-21(19)38-4)26-27-23-16(24)10-15(29(33)34)11-20(23)30(35)36/h10-13H,5-9H2,1-4H3,(H,25,31). The molecular weight excluding hydrogens is 584 g/mol. The van der Waals surface area contributed by atoms with Crippen LogP contribution in [-0.4, -0.2) is 62.2 Å². The minimum Gasteiger partial charge on any atom is -0.494 e. The highest BCUT2D eigenvalue weighted by Crippen LogP contribution is 2.43. The smallest absolute Gasteiger partial charge is 0.307 e. The first kappa shape index (κ1) is 31.0. The number of carbonyl (C=O) groups is 2. The van der Waals surface area contributed by atoms with Crippen LogP contribution >= 0.6 is 15.9 Å². The van der Waals surface area contributed by atoms with Gasteiger partial charge >= 0.3 is 11.7 Å². The van der Waals surface area contributed by atoms with Crippen LogP contribution < -0.4 is 15.0 Å². The van der Waals surface area contributed by atoms with Crippen molar-refractivity contribution in [3.63, 3.8) is 0 Å². The fraction of sp³-hybridized carbons (Fsp3) is 0.391. The number of hydrogen-bond donors (Lipinski definition) is 1. The number of carbonyl (C=O) groups excluding carboxylic acids is 2. The lowest BCUT2D eigenvalue weighted by molar-refractivity contribution is -0.393. The van der Waals surface area contributed by atoms with Crippen molar-refractivity contribution in [2.24, 2.45) is 10.2 Å². The highest BCUT2D eigenvalue weighted by molar-refractivity contribution is 9.10. The van der Waals surface area contributed by atoms with Gasteiger partial charge in [0.1, 0.15) is 18.0 Å². The largest absolute Gasteiger partial charge is 0.494 e. The van der Waals surface area contributed by atoms with E-state index in [4.69, 9.17) is 14.2 Å². The molecular formula is C23H27BrN6O9.